The van der Waals surface area contributed by atoms with Crippen LogP contribution in [0, 0.1) is 12.7 Å². The first kappa shape index (κ1) is 17.3. The molecule has 0 fully saturated rings. The van der Waals surface area contributed by atoms with E-state index in [1.165, 1.54) is 12.1 Å². The molecule has 0 bridgehead atoms. The van der Waals surface area contributed by atoms with Crippen LogP contribution in [0.4, 0.5) is 4.39 Å². The molecule has 25 heavy (non-hydrogen) atoms. The summed E-state index contributed by atoms with van der Waals surface area (Å²) >= 11 is 0. The van der Waals surface area contributed by atoms with Crippen LogP contribution in [0.25, 0.3) is 11.3 Å². The van der Waals surface area contributed by atoms with Crippen LogP contribution in [0.15, 0.2) is 34.7 Å². The summed E-state index contributed by atoms with van der Waals surface area (Å²) in [6.07, 6.45) is 1.82. The van der Waals surface area contributed by atoms with Crippen LogP contribution in [-0.2, 0) is 6.42 Å². The van der Waals surface area contributed by atoms with Crippen LogP contribution in [0.2, 0.25) is 0 Å². The number of nitrogens with one attached hydrogen (secondary N) is 1. The Bertz CT molecular complexity index is 828. The molecule has 3 aromatic rings. The first-order chi connectivity index (χ1) is 12.0. The van der Waals surface area contributed by atoms with Crippen molar-refractivity contribution >= 4 is 0 Å². The van der Waals surface area contributed by atoms with Crippen molar-refractivity contribution in [1.82, 2.24) is 25.3 Å². The molecular formula is C18H22FN5O. The highest BCUT2D eigenvalue weighted by Gasteiger charge is 2.17. The molecule has 0 aliphatic rings. The van der Waals surface area contributed by atoms with Crippen LogP contribution in [0.1, 0.15) is 36.9 Å². The largest absolute Gasteiger partial charge is 0.424 e. The highest BCUT2D eigenvalue weighted by molar-refractivity contribution is 5.59. The van der Waals surface area contributed by atoms with Crippen molar-refractivity contribution in [1.29, 1.82) is 0 Å². The molecule has 0 spiro atoms. The minimum Gasteiger partial charge on any atom is -0.424 e. The summed E-state index contributed by atoms with van der Waals surface area (Å²) in [5.74, 6) is 0.960. The number of hydrogen-bond acceptors (Lipinski definition) is 5. The molecule has 1 atom stereocenters. The van der Waals surface area contributed by atoms with Crippen LogP contribution in [0.3, 0.4) is 0 Å². The van der Waals surface area contributed by atoms with Crippen molar-refractivity contribution < 1.29 is 8.81 Å². The van der Waals surface area contributed by atoms with Gasteiger partial charge in [-0.3, -0.25) is 10.00 Å². The van der Waals surface area contributed by atoms with Crippen LogP contribution < -0.4 is 0 Å². The van der Waals surface area contributed by atoms with Crippen LogP contribution >= 0.6 is 0 Å². The van der Waals surface area contributed by atoms with E-state index in [-0.39, 0.29) is 11.9 Å². The number of H-pyrrole nitrogens is 1. The monoisotopic (exact) mass is 343 g/mol. The van der Waals surface area contributed by atoms with Crippen LogP contribution in [-0.4, -0.2) is 38.9 Å². The molecular weight excluding hydrogens is 321 g/mol. The third kappa shape index (κ3) is 4.30. The Labute approximate surface area is 146 Å². The minimum atomic E-state index is -0.256. The van der Waals surface area contributed by atoms with Crippen molar-refractivity contribution in [2.45, 2.75) is 32.7 Å². The maximum Gasteiger partial charge on any atom is 0.233 e. The molecule has 0 amide bonds. The third-order valence-electron chi connectivity index (χ3n) is 4.27. The minimum absolute atomic E-state index is 0.0748. The van der Waals surface area contributed by atoms with Crippen molar-refractivity contribution in [3.8, 4) is 11.3 Å². The van der Waals surface area contributed by atoms with Gasteiger partial charge in [-0.05, 0) is 51.6 Å². The molecule has 0 aliphatic heterocycles. The number of aromatic nitrogens is 4. The van der Waals surface area contributed by atoms with Gasteiger partial charge in [-0.2, -0.15) is 5.10 Å². The van der Waals surface area contributed by atoms with Gasteiger partial charge in [-0.25, -0.2) is 4.39 Å². The van der Waals surface area contributed by atoms with Gasteiger partial charge >= 0.3 is 0 Å². The average Bonchev–Trinajstić information content (AvgIpc) is 3.23. The van der Waals surface area contributed by atoms with Gasteiger partial charge < -0.3 is 4.42 Å². The Hall–Kier alpha value is -2.54. The van der Waals surface area contributed by atoms with Gasteiger partial charge in [0.15, 0.2) is 0 Å². The fourth-order valence-corrected chi connectivity index (χ4v) is 2.67. The number of benzene rings is 1. The highest BCUT2D eigenvalue weighted by atomic mass is 19.1. The van der Waals surface area contributed by atoms with Gasteiger partial charge in [0.1, 0.15) is 5.82 Å². The normalized spacial score (nSPS) is 12.7. The summed E-state index contributed by atoms with van der Waals surface area (Å²) in [5, 5.41) is 15.2. The summed E-state index contributed by atoms with van der Waals surface area (Å²) in [5.41, 5.74) is 2.58. The molecule has 6 nitrogen and oxygen atoms in total. The van der Waals surface area contributed by atoms with E-state index < -0.39 is 0 Å². The quantitative estimate of drug-likeness (QED) is 0.710. The predicted molar refractivity (Wildman–Crippen MR) is 92.4 cm³/mol. The van der Waals surface area contributed by atoms with Crippen LogP contribution in [0.5, 0.6) is 0 Å². The molecule has 0 radical (unpaired) electrons. The molecule has 2 heterocycles. The molecule has 132 valence electrons. The lowest BCUT2D eigenvalue weighted by molar-refractivity contribution is 0.220. The number of halogens is 1. The smallest absolute Gasteiger partial charge is 0.233 e. The predicted octanol–water partition coefficient (Wildman–Crippen LogP) is 3.53. The van der Waals surface area contributed by atoms with E-state index in [0.29, 0.717) is 11.8 Å². The maximum atomic E-state index is 13.3. The Balaban J connectivity index is 1.52. The molecule has 3 rings (SSSR count). The van der Waals surface area contributed by atoms with Gasteiger partial charge in [0.05, 0.1) is 11.7 Å². The lowest BCUT2D eigenvalue weighted by atomic mass is 10.1. The number of hydrogen-bond donors (Lipinski definition) is 1. The first-order valence-electron chi connectivity index (χ1n) is 8.33. The molecule has 0 saturated heterocycles. The summed E-state index contributed by atoms with van der Waals surface area (Å²) in [6.45, 7) is 4.72. The van der Waals surface area contributed by atoms with Crippen molar-refractivity contribution in [3.05, 3.63) is 53.6 Å². The van der Waals surface area contributed by atoms with Crippen molar-refractivity contribution in [2.75, 3.05) is 13.6 Å². The second-order valence-corrected chi connectivity index (χ2v) is 6.21. The van der Waals surface area contributed by atoms with Gasteiger partial charge in [-0.15, -0.1) is 10.2 Å². The van der Waals surface area contributed by atoms with Gasteiger partial charge in [-0.1, -0.05) is 12.1 Å². The zero-order chi connectivity index (χ0) is 17.8. The lowest BCUT2D eigenvalue weighted by Gasteiger charge is -2.21. The fraction of sp³-hybridized carbons (Fsp3) is 0.389. The Morgan fingerprint density at radius 1 is 1.28 bits per heavy atom. The SMILES string of the molecule is Cc1nnc([C@H](C)N(C)CCCc2cc(-c3cccc(F)c3)n[nH]2)o1. The molecule has 1 N–H and O–H groups in total. The topological polar surface area (TPSA) is 70.8 Å². The van der Waals surface area contributed by atoms with Crippen molar-refractivity contribution in [2.24, 2.45) is 0 Å². The maximum absolute atomic E-state index is 13.3. The van der Waals surface area contributed by atoms with Crippen molar-refractivity contribution in [3.63, 3.8) is 0 Å². The molecule has 0 unspecified atom stereocenters. The molecule has 1 aromatic carbocycles. The van der Waals surface area contributed by atoms with E-state index in [1.54, 1.807) is 13.0 Å². The molecule has 0 saturated carbocycles. The van der Waals surface area contributed by atoms with E-state index in [4.69, 9.17) is 4.42 Å². The Morgan fingerprint density at radius 2 is 2.12 bits per heavy atom. The van der Waals surface area contributed by atoms with Gasteiger partial charge in [0, 0.05) is 18.2 Å². The fourth-order valence-electron chi connectivity index (χ4n) is 2.67. The standard InChI is InChI=1S/C18H22FN5O/c1-12(18-23-20-13(2)25-18)24(3)9-5-8-16-11-17(22-21-16)14-6-4-7-15(19)10-14/h4,6-7,10-12H,5,8-9H2,1-3H3,(H,21,22)/t12-/m0/s1. The number of rotatable bonds is 7. The van der Waals surface area contributed by atoms with E-state index in [9.17, 15) is 4.39 Å². The summed E-state index contributed by atoms with van der Waals surface area (Å²) in [7, 11) is 2.04. The molecule has 2 aromatic heterocycles. The first-order valence-corrected chi connectivity index (χ1v) is 8.33. The molecule has 0 aliphatic carbocycles. The highest BCUT2D eigenvalue weighted by Crippen LogP contribution is 2.20. The van der Waals surface area contributed by atoms with E-state index in [2.05, 4.69) is 25.3 Å². The van der Waals surface area contributed by atoms with E-state index >= 15 is 0 Å². The second kappa shape index (κ2) is 7.57. The summed E-state index contributed by atoms with van der Waals surface area (Å²) in [4.78, 5) is 2.18. The number of aryl methyl sites for hydroxylation is 2. The zero-order valence-electron chi connectivity index (χ0n) is 14.7. The summed E-state index contributed by atoms with van der Waals surface area (Å²) in [6, 6.07) is 8.51. The van der Waals surface area contributed by atoms with Gasteiger partial charge in [0.2, 0.25) is 11.8 Å². The Kier molecular flexibility index (Phi) is 5.23. The zero-order valence-corrected chi connectivity index (χ0v) is 14.7. The summed E-state index contributed by atoms with van der Waals surface area (Å²) < 4.78 is 18.8. The second-order valence-electron chi connectivity index (χ2n) is 6.21. The number of aromatic amines is 1. The Morgan fingerprint density at radius 3 is 2.84 bits per heavy atom. The molecule has 7 heteroatoms. The third-order valence-corrected chi connectivity index (χ3v) is 4.27. The van der Waals surface area contributed by atoms with Gasteiger partial charge in [0.25, 0.3) is 0 Å². The lowest BCUT2D eigenvalue weighted by Crippen LogP contribution is -2.24. The average molecular weight is 343 g/mol. The van der Waals surface area contributed by atoms with E-state index in [1.807, 2.05) is 26.1 Å². The number of nitrogens with zero attached hydrogens (tertiary/aromatic N) is 4. The van der Waals surface area contributed by atoms with E-state index in [0.717, 1.165) is 36.3 Å².